The molecule has 0 aliphatic carbocycles. The van der Waals surface area contributed by atoms with Crippen molar-refractivity contribution in [2.24, 2.45) is 0 Å². The van der Waals surface area contributed by atoms with E-state index in [1.54, 1.807) is 26.0 Å². The van der Waals surface area contributed by atoms with E-state index in [0.717, 1.165) is 11.1 Å². The summed E-state index contributed by atoms with van der Waals surface area (Å²) in [6.07, 6.45) is -0.719. The van der Waals surface area contributed by atoms with E-state index in [4.69, 9.17) is 9.26 Å². The van der Waals surface area contributed by atoms with E-state index < -0.39 is 12.1 Å². The zero-order chi connectivity index (χ0) is 20.4. The predicted molar refractivity (Wildman–Crippen MR) is 106 cm³/mol. The molecule has 0 amide bonds. The normalized spacial score (nSPS) is 12.0. The van der Waals surface area contributed by atoms with Crippen LogP contribution in [0.25, 0.3) is 22.0 Å². The maximum Gasteiger partial charge on any atom is 0.351 e. The Morgan fingerprint density at radius 2 is 1.79 bits per heavy atom. The van der Waals surface area contributed by atoms with Gasteiger partial charge in [-0.3, -0.25) is 0 Å². The highest BCUT2D eigenvalue weighted by Crippen LogP contribution is 2.30. The SMILES string of the molecule is Cc1nc(-c2ccc(F)cc2)sc1C(=O)O[C@@H](C)c1nc(-c2ccccc2)no1. The van der Waals surface area contributed by atoms with Crippen LogP contribution < -0.4 is 0 Å². The smallest absolute Gasteiger partial charge is 0.351 e. The number of ether oxygens (including phenoxy) is 1. The number of nitrogens with zero attached hydrogens (tertiary/aromatic N) is 3. The number of halogens is 1. The Kier molecular flexibility index (Phi) is 5.18. The fraction of sp³-hybridized carbons (Fsp3) is 0.143. The van der Waals surface area contributed by atoms with Crippen LogP contribution in [0.4, 0.5) is 4.39 Å². The molecule has 0 unspecified atom stereocenters. The number of esters is 1. The minimum atomic E-state index is -0.719. The molecule has 2 heterocycles. The molecule has 0 N–H and O–H groups in total. The highest BCUT2D eigenvalue weighted by Gasteiger charge is 2.23. The third-order valence-corrected chi connectivity index (χ3v) is 5.37. The van der Waals surface area contributed by atoms with Gasteiger partial charge in [0, 0.05) is 11.1 Å². The molecule has 0 saturated carbocycles. The third kappa shape index (κ3) is 4.07. The second kappa shape index (κ2) is 7.92. The highest BCUT2D eigenvalue weighted by molar-refractivity contribution is 7.17. The van der Waals surface area contributed by atoms with Crippen molar-refractivity contribution < 1.29 is 18.4 Å². The van der Waals surface area contributed by atoms with Crippen LogP contribution in [-0.4, -0.2) is 21.1 Å². The van der Waals surface area contributed by atoms with Crippen molar-refractivity contribution in [3.63, 3.8) is 0 Å². The summed E-state index contributed by atoms with van der Waals surface area (Å²) in [7, 11) is 0. The summed E-state index contributed by atoms with van der Waals surface area (Å²) in [4.78, 5) is 21.7. The van der Waals surface area contributed by atoms with Crippen LogP contribution in [0.1, 0.15) is 34.3 Å². The summed E-state index contributed by atoms with van der Waals surface area (Å²) in [5.41, 5.74) is 2.08. The lowest BCUT2D eigenvalue weighted by Crippen LogP contribution is -2.09. The van der Waals surface area contributed by atoms with Gasteiger partial charge in [-0.1, -0.05) is 35.5 Å². The van der Waals surface area contributed by atoms with Gasteiger partial charge in [0.05, 0.1) is 5.69 Å². The van der Waals surface area contributed by atoms with Crippen LogP contribution in [0.5, 0.6) is 0 Å². The van der Waals surface area contributed by atoms with Crippen molar-refractivity contribution in [1.29, 1.82) is 0 Å². The molecule has 1 atom stereocenters. The Labute approximate surface area is 170 Å². The molecule has 0 spiro atoms. The molecular weight excluding hydrogens is 393 g/mol. The van der Waals surface area contributed by atoms with E-state index in [0.29, 0.717) is 21.4 Å². The number of aromatic nitrogens is 3. The highest BCUT2D eigenvalue weighted by atomic mass is 32.1. The molecule has 4 rings (SSSR count). The molecule has 0 radical (unpaired) electrons. The Hall–Kier alpha value is -3.39. The van der Waals surface area contributed by atoms with E-state index in [9.17, 15) is 9.18 Å². The van der Waals surface area contributed by atoms with Crippen LogP contribution in [0.15, 0.2) is 59.1 Å². The standard InChI is InChI=1S/C21H16FN3O3S/c1-12-17(29-20(23-12)15-8-10-16(22)11-9-15)21(26)27-13(2)19-24-18(25-28-19)14-6-4-3-5-7-14/h3-11,13H,1-2H3/t13-/m0/s1. The third-order valence-electron chi connectivity index (χ3n) is 4.18. The number of thiazole rings is 1. The molecule has 0 aliphatic heterocycles. The number of hydrogen-bond donors (Lipinski definition) is 0. The van der Waals surface area contributed by atoms with Crippen molar-refractivity contribution >= 4 is 17.3 Å². The number of hydrogen-bond acceptors (Lipinski definition) is 7. The quantitative estimate of drug-likeness (QED) is 0.420. The summed E-state index contributed by atoms with van der Waals surface area (Å²) >= 11 is 1.19. The molecule has 0 aliphatic rings. The fourth-order valence-corrected chi connectivity index (χ4v) is 3.63. The van der Waals surface area contributed by atoms with Gasteiger partial charge in [0.1, 0.15) is 15.7 Å². The molecular formula is C21H16FN3O3S. The van der Waals surface area contributed by atoms with Gasteiger partial charge in [-0.05, 0) is 38.1 Å². The summed E-state index contributed by atoms with van der Waals surface area (Å²) in [6.45, 7) is 3.39. The maximum absolute atomic E-state index is 13.1. The molecule has 2 aromatic heterocycles. The number of carbonyl (C=O) groups is 1. The van der Waals surface area contributed by atoms with Gasteiger partial charge >= 0.3 is 5.97 Å². The van der Waals surface area contributed by atoms with Gasteiger partial charge in [-0.2, -0.15) is 4.98 Å². The van der Waals surface area contributed by atoms with Gasteiger partial charge in [-0.25, -0.2) is 14.2 Å². The summed E-state index contributed by atoms with van der Waals surface area (Å²) in [5.74, 6) is -0.223. The Morgan fingerprint density at radius 3 is 2.52 bits per heavy atom. The first kappa shape index (κ1) is 18.9. The van der Waals surface area contributed by atoms with Crippen molar-refractivity contribution in [2.45, 2.75) is 20.0 Å². The van der Waals surface area contributed by atoms with E-state index >= 15 is 0 Å². The largest absolute Gasteiger partial charge is 0.448 e. The van der Waals surface area contributed by atoms with Crippen LogP contribution in [0.3, 0.4) is 0 Å². The molecule has 146 valence electrons. The first-order valence-electron chi connectivity index (χ1n) is 8.84. The Balaban J connectivity index is 1.49. The molecule has 2 aromatic carbocycles. The molecule has 0 saturated heterocycles. The van der Waals surface area contributed by atoms with Gasteiger partial charge in [0.25, 0.3) is 5.89 Å². The first-order chi connectivity index (χ1) is 14.0. The Bertz CT molecular complexity index is 1140. The number of carbonyl (C=O) groups excluding carboxylic acids is 1. The molecule has 4 aromatic rings. The van der Waals surface area contributed by atoms with E-state index in [1.165, 1.54) is 23.5 Å². The minimum Gasteiger partial charge on any atom is -0.448 e. The fourth-order valence-electron chi connectivity index (χ4n) is 2.67. The minimum absolute atomic E-state index is 0.207. The first-order valence-corrected chi connectivity index (χ1v) is 9.66. The van der Waals surface area contributed by atoms with Gasteiger partial charge in [-0.15, -0.1) is 11.3 Å². The zero-order valence-corrected chi connectivity index (χ0v) is 16.4. The Morgan fingerprint density at radius 1 is 1.07 bits per heavy atom. The lowest BCUT2D eigenvalue weighted by molar-refractivity contribution is 0.0270. The van der Waals surface area contributed by atoms with E-state index in [2.05, 4.69) is 15.1 Å². The summed E-state index contributed by atoms with van der Waals surface area (Å²) in [6, 6.07) is 15.3. The monoisotopic (exact) mass is 409 g/mol. The molecule has 0 bridgehead atoms. The number of aryl methyl sites for hydroxylation is 1. The predicted octanol–water partition coefficient (Wildman–Crippen LogP) is 5.23. The van der Waals surface area contributed by atoms with Gasteiger partial charge in [0.2, 0.25) is 5.82 Å². The van der Waals surface area contributed by atoms with Gasteiger partial charge < -0.3 is 9.26 Å². The number of rotatable bonds is 5. The second-order valence-corrected chi connectivity index (χ2v) is 7.31. The van der Waals surface area contributed by atoms with Crippen molar-refractivity contribution in [1.82, 2.24) is 15.1 Å². The van der Waals surface area contributed by atoms with Gasteiger partial charge in [0.15, 0.2) is 6.10 Å². The van der Waals surface area contributed by atoms with Crippen LogP contribution >= 0.6 is 11.3 Å². The molecule has 8 heteroatoms. The second-order valence-electron chi connectivity index (χ2n) is 6.31. The van der Waals surface area contributed by atoms with Crippen LogP contribution in [0.2, 0.25) is 0 Å². The molecule has 0 fully saturated rings. The van der Waals surface area contributed by atoms with Crippen molar-refractivity contribution in [3.05, 3.63) is 76.9 Å². The molecule has 29 heavy (non-hydrogen) atoms. The lowest BCUT2D eigenvalue weighted by atomic mass is 10.2. The van der Waals surface area contributed by atoms with Crippen molar-refractivity contribution in [3.8, 4) is 22.0 Å². The van der Waals surface area contributed by atoms with Crippen molar-refractivity contribution in [2.75, 3.05) is 0 Å². The average Bonchev–Trinajstić information content (AvgIpc) is 3.36. The zero-order valence-electron chi connectivity index (χ0n) is 15.6. The molecule has 6 nitrogen and oxygen atoms in total. The summed E-state index contributed by atoms with van der Waals surface area (Å²) in [5, 5.41) is 4.56. The topological polar surface area (TPSA) is 78.1 Å². The lowest BCUT2D eigenvalue weighted by Gasteiger charge is -2.07. The summed E-state index contributed by atoms with van der Waals surface area (Å²) < 4.78 is 23.9. The number of benzene rings is 2. The van der Waals surface area contributed by atoms with E-state index in [1.807, 2.05) is 30.3 Å². The average molecular weight is 409 g/mol. The van der Waals surface area contributed by atoms with Crippen LogP contribution in [0, 0.1) is 12.7 Å². The maximum atomic E-state index is 13.1. The van der Waals surface area contributed by atoms with Crippen LogP contribution in [-0.2, 0) is 4.74 Å². The van der Waals surface area contributed by atoms with E-state index in [-0.39, 0.29) is 11.7 Å².